The molecule has 1 N–H and O–H groups in total. The molecular formula is C15H11BrF3NO2. The van der Waals surface area contributed by atoms with Gasteiger partial charge in [-0.2, -0.15) is 13.2 Å². The number of hydrogen-bond donors (Lipinski definition) is 1. The van der Waals surface area contributed by atoms with Gasteiger partial charge in [-0.25, -0.2) is 0 Å². The van der Waals surface area contributed by atoms with Crippen molar-refractivity contribution >= 4 is 21.8 Å². The summed E-state index contributed by atoms with van der Waals surface area (Å²) in [6, 6.07) is 13.0. The number of carbonyl (C=O) groups excluding carboxylic acids is 1. The highest BCUT2D eigenvalue weighted by Gasteiger charge is 2.28. The van der Waals surface area contributed by atoms with Crippen LogP contribution in [0, 0.1) is 0 Å². The number of para-hydroxylation sites is 1. The van der Waals surface area contributed by atoms with Crippen LogP contribution < -0.4 is 10.1 Å². The SMILES string of the molecule is O=C(NCC(F)(F)F)c1ccccc1Oc1cccc(Br)c1. The Morgan fingerprint density at radius 1 is 1.14 bits per heavy atom. The Labute approximate surface area is 133 Å². The fourth-order valence-corrected chi connectivity index (χ4v) is 2.05. The number of carbonyl (C=O) groups is 1. The van der Waals surface area contributed by atoms with Crippen molar-refractivity contribution in [1.82, 2.24) is 5.32 Å². The van der Waals surface area contributed by atoms with E-state index in [1.165, 1.54) is 12.1 Å². The van der Waals surface area contributed by atoms with E-state index < -0.39 is 18.6 Å². The minimum absolute atomic E-state index is 0.0340. The number of rotatable bonds is 4. The van der Waals surface area contributed by atoms with Gasteiger partial charge in [-0.05, 0) is 30.3 Å². The van der Waals surface area contributed by atoms with Crippen molar-refractivity contribution in [3.8, 4) is 11.5 Å². The Kier molecular flexibility index (Phi) is 5.07. The van der Waals surface area contributed by atoms with Gasteiger partial charge < -0.3 is 10.1 Å². The molecule has 22 heavy (non-hydrogen) atoms. The summed E-state index contributed by atoms with van der Waals surface area (Å²) in [4.78, 5) is 11.9. The van der Waals surface area contributed by atoms with E-state index in [1.54, 1.807) is 36.4 Å². The highest BCUT2D eigenvalue weighted by atomic mass is 79.9. The standard InChI is InChI=1S/C15H11BrF3NO2/c16-10-4-3-5-11(8-10)22-13-7-2-1-6-12(13)14(21)20-9-15(17,18)19/h1-8H,9H2,(H,20,21). The molecule has 7 heteroatoms. The zero-order valence-electron chi connectivity index (χ0n) is 11.2. The molecule has 2 aromatic carbocycles. The summed E-state index contributed by atoms with van der Waals surface area (Å²) < 4.78 is 42.9. The van der Waals surface area contributed by atoms with Gasteiger partial charge in [-0.3, -0.25) is 4.79 Å². The Morgan fingerprint density at radius 3 is 2.55 bits per heavy atom. The fraction of sp³-hybridized carbons (Fsp3) is 0.133. The van der Waals surface area contributed by atoms with E-state index in [4.69, 9.17) is 4.74 Å². The molecule has 0 aromatic heterocycles. The molecule has 0 saturated heterocycles. The summed E-state index contributed by atoms with van der Waals surface area (Å²) in [5.41, 5.74) is 0.0340. The first-order chi connectivity index (χ1) is 10.3. The van der Waals surface area contributed by atoms with Crippen molar-refractivity contribution in [3.63, 3.8) is 0 Å². The van der Waals surface area contributed by atoms with Crippen LogP contribution in [0.25, 0.3) is 0 Å². The smallest absolute Gasteiger partial charge is 0.405 e. The highest BCUT2D eigenvalue weighted by molar-refractivity contribution is 9.10. The lowest BCUT2D eigenvalue weighted by molar-refractivity contribution is -0.123. The molecule has 0 radical (unpaired) electrons. The van der Waals surface area contributed by atoms with Crippen LogP contribution in [0.1, 0.15) is 10.4 Å². The zero-order chi connectivity index (χ0) is 16.2. The van der Waals surface area contributed by atoms with Crippen LogP contribution in [-0.2, 0) is 0 Å². The zero-order valence-corrected chi connectivity index (χ0v) is 12.7. The predicted molar refractivity (Wildman–Crippen MR) is 79.0 cm³/mol. The molecule has 0 bridgehead atoms. The normalized spacial score (nSPS) is 11.1. The lowest BCUT2D eigenvalue weighted by Gasteiger charge is -2.12. The third kappa shape index (κ3) is 4.77. The van der Waals surface area contributed by atoms with Crippen LogP contribution in [-0.4, -0.2) is 18.6 Å². The molecule has 0 aliphatic rings. The number of nitrogens with one attached hydrogen (secondary N) is 1. The van der Waals surface area contributed by atoms with Gasteiger partial charge >= 0.3 is 6.18 Å². The second-order valence-electron chi connectivity index (χ2n) is 4.35. The average molecular weight is 374 g/mol. The van der Waals surface area contributed by atoms with Crippen molar-refractivity contribution in [3.05, 3.63) is 58.6 Å². The van der Waals surface area contributed by atoms with Crippen molar-refractivity contribution in [1.29, 1.82) is 0 Å². The fourth-order valence-electron chi connectivity index (χ4n) is 1.68. The van der Waals surface area contributed by atoms with Gasteiger partial charge in [0, 0.05) is 4.47 Å². The molecule has 0 heterocycles. The topological polar surface area (TPSA) is 38.3 Å². The van der Waals surface area contributed by atoms with Gasteiger partial charge in [-0.15, -0.1) is 0 Å². The van der Waals surface area contributed by atoms with E-state index in [-0.39, 0.29) is 11.3 Å². The van der Waals surface area contributed by atoms with Crippen molar-refractivity contribution < 1.29 is 22.7 Å². The molecule has 116 valence electrons. The summed E-state index contributed by atoms with van der Waals surface area (Å²) in [7, 11) is 0. The molecule has 0 atom stereocenters. The van der Waals surface area contributed by atoms with Crippen molar-refractivity contribution in [2.45, 2.75) is 6.18 Å². The largest absolute Gasteiger partial charge is 0.456 e. The maximum absolute atomic E-state index is 12.2. The van der Waals surface area contributed by atoms with Crippen LogP contribution in [0.2, 0.25) is 0 Å². The van der Waals surface area contributed by atoms with Crippen molar-refractivity contribution in [2.75, 3.05) is 6.54 Å². The van der Waals surface area contributed by atoms with Gasteiger partial charge in [-0.1, -0.05) is 34.1 Å². The predicted octanol–water partition coefficient (Wildman–Crippen LogP) is 4.53. The molecule has 2 rings (SSSR count). The third-order valence-electron chi connectivity index (χ3n) is 2.60. The number of halogens is 4. The van der Waals surface area contributed by atoms with E-state index in [0.29, 0.717) is 5.75 Å². The van der Waals surface area contributed by atoms with Crippen LogP contribution in [0.3, 0.4) is 0 Å². The Balaban J connectivity index is 2.18. The number of hydrogen-bond acceptors (Lipinski definition) is 2. The third-order valence-corrected chi connectivity index (χ3v) is 3.10. The van der Waals surface area contributed by atoms with Gasteiger partial charge in [0.15, 0.2) is 0 Å². The van der Waals surface area contributed by atoms with E-state index in [0.717, 1.165) is 4.47 Å². The first-order valence-corrected chi connectivity index (χ1v) is 7.02. The molecule has 2 aromatic rings. The molecule has 0 unspecified atom stereocenters. The number of benzene rings is 2. The maximum atomic E-state index is 12.2. The summed E-state index contributed by atoms with van der Waals surface area (Å²) in [6.45, 7) is -1.39. The van der Waals surface area contributed by atoms with Gasteiger partial charge in [0.25, 0.3) is 5.91 Å². The Morgan fingerprint density at radius 2 is 1.86 bits per heavy atom. The summed E-state index contributed by atoms with van der Waals surface area (Å²) in [5, 5.41) is 1.82. The van der Waals surface area contributed by atoms with Gasteiger partial charge in [0.1, 0.15) is 18.0 Å². The molecule has 0 aliphatic heterocycles. The van der Waals surface area contributed by atoms with Crippen LogP contribution in [0.15, 0.2) is 53.0 Å². The van der Waals surface area contributed by atoms with Crippen molar-refractivity contribution in [2.24, 2.45) is 0 Å². The number of amides is 1. The van der Waals surface area contributed by atoms with Gasteiger partial charge in [0.2, 0.25) is 0 Å². The van der Waals surface area contributed by atoms with Crippen LogP contribution in [0.4, 0.5) is 13.2 Å². The van der Waals surface area contributed by atoms with E-state index >= 15 is 0 Å². The maximum Gasteiger partial charge on any atom is 0.405 e. The summed E-state index contributed by atoms with van der Waals surface area (Å²) in [6.07, 6.45) is -4.46. The summed E-state index contributed by atoms with van der Waals surface area (Å²) in [5.74, 6) is -0.200. The van der Waals surface area contributed by atoms with E-state index in [1.807, 2.05) is 5.32 Å². The Bertz CT molecular complexity index is 674. The lowest BCUT2D eigenvalue weighted by atomic mass is 10.2. The van der Waals surface area contributed by atoms with Crippen LogP contribution >= 0.6 is 15.9 Å². The second kappa shape index (κ2) is 6.83. The van der Waals surface area contributed by atoms with E-state index in [2.05, 4.69) is 15.9 Å². The average Bonchev–Trinajstić information content (AvgIpc) is 2.45. The minimum Gasteiger partial charge on any atom is -0.456 e. The molecule has 0 aliphatic carbocycles. The molecular weight excluding hydrogens is 363 g/mol. The molecule has 3 nitrogen and oxygen atoms in total. The van der Waals surface area contributed by atoms with Gasteiger partial charge in [0.05, 0.1) is 5.56 Å². The first-order valence-electron chi connectivity index (χ1n) is 6.22. The minimum atomic E-state index is -4.46. The molecule has 1 amide bonds. The first kappa shape index (κ1) is 16.4. The van der Waals surface area contributed by atoms with E-state index in [9.17, 15) is 18.0 Å². The number of alkyl halides is 3. The second-order valence-corrected chi connectivity index (χ2v) is 5.27. The monoisotopic (exact) mass is 373 g/mol. The Hall–Kier alpha value is -2.02. The van der Waals surface area contributed by atoms with Crippen LogP contribution in [0.5, 0.6) is 11.5 Å². The lowest BCUT2D eigenvalue weighted by Crippen LogP contribution is -2.33. The highest BCUT2D eigenvalue weighted by Crippen LogP contribution is 2.27. The number of ether oxygens (including phenoxy) is 1. The molecule has 0 saturated carbocycles. The molecule has 0 fully saturated rings. The molecule has 0 spiro atoms. The summed E-state index contributed by atoms with van der Waals surface area (Å²) >= 11 is 3.29. The quantitative estimate of drug-likeness (QED) is 0.854.